The molecule has 0 unspecified atom stereocenters. The first-order chi connectivity index (χ1) is 11.4. The van der Waals surface area contributed by atoms with E-state index in [4.69, 9.17) is 12.2 Å². The number of carbonyl (C=O) groups excluding carboxylic acids is 1. The third-order valence-corrected chi connectivity index (χ3v) is 3.55. The number of thiocarbonyl (C=S) groups is 1. The Morgan fingerprint density at radius 1 is 1.12 bits per heavy atom. The number of aryl methyl sites for hydroxylation is 2. The maximum Gasteiger partial charge on any atom is 0.387 e. The lowest BCUT2D eigenvalue weighted by Gasteiger charge is -2.14. The number of carbonyl (C=O) groups is 1. The molecule has 4 nitrogen and oxygen atoms in total. The van der Waals surface area contributed by atoms with Gasteiger partial charge >= 0.3 is 6.61 Å². The molecular formula is C17H16F2N2O2S. The van der Waals surface area contributed by atoms with Crippen LogP contribution < -0.4 is 15.4 Å². The number of nitrogens with one attached hydrogen (secondary N) is 2. The fourth-order valence-corrected chi connectivity index (χ4v) is 2.18. The fourth-order valence-electron chi connectivity index (χ4n) is 1.98. The molecule has 2 rings (SSSR count). The van der Waals surface area contributed by atoms with Crippen molar-refractivity contribution in [2.45, 2.75) is 20.5 Å². The highest BCUT2D eigenvalue weighted by molar-refractivity contribution is 7.80. The van der Waals surface area contributed by atoms with Gasteiger partial charge in [0.05, 0.1) is 5.69 Å². The minimum absolute atomic E-state index is 0.0106. The maximum atomic E-state index is 12.4. The lowest BCUT2D eigenvalue weighted by atomic mass is 10.1. The largest absolute Gasteiger partial charge is 0.433 e. The van der Waals surface area contributed by atoms with Crippen LogP contribution in [0.4, 0.5) is 14.5 Å². The lowest BCUT2D eigenvalue weighted by molar-refractivity contribution is -0.0493. The number of hydrogen-bond acceptors (Lipinski definition) is 3. The highest BCUT2D eigenvalue weighted by Gasteiger charge is 2.12. The zero-order chi connectivity index (χ0) is 17.7. The minimum atomic E-state index is -2.95. The molecule has 24 heavy (non-hydrogen) atoms. The predicted octanol–water partition coefficient (Wildman–Crippen LogP) is 4.03. The van der Waals surface area contributed by atoms with Gasteiger partial charge in [-0.2, -0.15) is 8.78 Å². The van der Waals surface area contributed by atoms with Crippen molar-refractivity contribution in [2.24, 2.45) is 0 Å². The summed E-state index contributed by atoms with van der Waals surface area (Å²) in [5, 5.41) is 5.18. The zero-order valence-corrected chi connectivity index (χ0v) is 13.9. The number of hydrogen-bond donors (Lipinski definition) is 2. The molecule has 0 radical (unpaired) electrons. The van der Waals surface area contributed by atoms with E-state index in [1.807, 2.05) is 19.9 Å². The van der Waals surface area contributed by atoms with Gasteiger partial charge in [0, 0.05) is 5.56 Å². The van der Waals surface area contributed by atoms with E-state index in [2.05, 4.69) is 15.4 Å². The number of alkyl halides is 2. The molecule has 0 aromatic heterocycles. The highest BCUT2D eigenvalue weighted by atomic mass is 32.1. The molecule has 2 aromatic rings. The van der Waals surface area contributed by atoms with Gasteiger partial charge in [0.2, 0.25) is 0 Å². The summed E-state index contributed by atoms with van der Waals surface area (Å²) in [5.74, 6) is -0.446. The monoisotopic (exact) mass is 350 g/mol. The number of halogens is 2. The van der Waals surface area contributed by atoms with Gasteiger partial charge in [0.15, 0.2) is 5.11 Å². The van der Waals surface area contributed by atoms with Crippen LogP contribution in [0.2, 0.25) is 0 Å². The van der Waals surface area contributed by atoms with Gasteiger partial charge < -0.3 is 10.1 Å². The Morgan fingerprint density at radius 3 is 2.50 bits per heavy atom. The van der Waals surface area contributed by atoms with Gasteiger partial charge in [-0.25, -0.2) is 0 Å². The summed E-state index contributed by atoms with van der Waals surface area (Å²) in [6, 6.07) is 11.4. The van der Waals surface area contributed by atoms with E-state index in [0.29, 0.717) is 5.56 Å². The van der Waals surface area contributed by atoms with Crippen LogP contribution in [-0.4, -0.2) is 17.6 Å². The second kappa shape index (κ2) is 7.83. The second-order valence-corrected chi connectivity index (χ2v) is 5.49. The average molecular weight is 350 g/mol. The van der Waals surface area contributed by atoms with E-state index >= 15 is 0 Å². The number of amides is 1. The highest BCUT2D eigenvalue weighted by Crippen LogP contribution is 2.25. The van der Waals surface area contributed by atoms with Crippen molar-refractivity contribution in [3.8, 4) is 5.75 Å². The van der Waals surface area contributed by atoms with E-state index < -0.39 is 6.61 Å². The number of ether oxygens (including phenoxy) is 1. The molecule has 0 bridgehead atoms. The van der Waals surface area contributed by atoms with Crippen molar-refractivity contribution in [1.82, 2.24) is 5.32 Å². The third kappa shape index (κ3) is 4.73. The number of benzene rings is 2. The van der Waals surface area contributed by atoms with E-state index in [1.165, 1.54) is 12.1 Å². The Labute approximate surface area is 143 Å². The van der Waals surface area contributed by atoms with Crippen molar-refractivity contribution < 1.29 is 18.3 Å². The van der Waals surface area contributed by atoms with Crippen molar-refractivity contribution in [1.29, 1.82) is 0 Å². The van der Waals surface area contributed by atoms with Crippen molar-refractivity contribution in [3.63, 3.8) is 0 Å². The van der Waals surface area contributed by atoms with Gasteiger partial charge in [-0.05, 0) is 61.5 Å². The first kappa shape index (κ1) is 17.8. The normalized spacial score (nSPS) is 10.4. The SMILES string of the molecule is Cc1ccc(C(=O)NC(=S)Nc2ccccc2OC(F)F)cc1C. The summed E-state index contributed by atoms with van der Waals surface area (Å²) in [6.45, 7) is 0.899. The van der Waals surface area contributed by atoms with Crippen LogP contribution in [0.3, 0.4) is 0 Å². The topological polar surface area (TPSA) is 50.4 Å². The van der Waals surface area contributed by atoms with Crippen LogP contribution in [0.15, 0.2) is 42.5 Å². The molecule has 0 saturated carbocycles. The van der Waals surface area contributed by atoms with Crippen LogP contribution in [0.5, 0.6) is 5.75 Å². The van der Waals surface area contributed by atoms with Crippen LogP contribution in [0, 0.1) is 13.8 Å². The van der Waals surface area contributed by atoms with Gasteiger partial charge in [-0.3, -0.25) is 10.1 Å². The molecule has 0 atom stereocenters. The standard InChI is InChI=1S/C17H16F2N2O2S/c1-10-7-8-12(9-11(10)2)15(22)21-17(24)20-13-5-3-4-6-14(13)23-16(18)19/h3-9,16H,1-2H3,(H2,20,21,22,24). The summed E-state index contributed by atoms with van der Waals surface area (Å²) < 4.78 is 29.2. The van der Waals surface area contributed by atoms with E-state index in [-0.39, 0.29) is 22.5 Å². The smallest absolute Gasteiger partial charge is 0.387 e. The summed E-state index contributed by atoms with van der Waals surface area (Å²) in [7, 11) is 0. The van der Waals surface area contributed by atoms with Crippen molar-refractivity contribution in [3.05, 3.63) is 59.2 Å². The third-order valence-electron chi connectivity index (χ3n) is 3.35. The number of anilines is 1. The molecule has 2 aromatic carbocycles. The van der Waals surface area contributed by atoms with Crippen molar-refractivity contribution >= 4 is 28.9 Å². The van der Waals surface area contributed by atoms with Crippen molar-refractivity contribution in [2.75, 3.05) is 5.32 Å². The first-order valence-electron chi connectivity index (χ1n) is 7.10. The Bertz CT molecular complexity index is 766. The molecule has 0 saturated heterocycles. The molecule has 0 fully saturated rings. The van der Waals surface area contributed by atoms with Crippen LogP contribution in [0.1, 0.15) is 21.5 Å². The van der Waals surface area contributed by atoms with Crippen LogP contribution in [0.25, 0.3) is 0 Å². The van der Waals surface area contributed by atoms with Crippen LogP contribution in [-0.2, 0) is 0 Å². The molecule has 2 N–H and O–H groups in total. The molecule has 7 heteroatoms. The van der Waals surface area contributed by atoms with E-state index in [0.717, 1.165) is 11.1 Å². The Kier molecular flexibility index (Phi) is 5.81. The molecular weight excluding hydrogens is 334 g/mol. The van der Waals surface area contributed by atoms with Gasteiger partial charge in [-0.1, -0.05) is 18.2 Å². The fraction of sp³-hybridized carbons (Fsp3) is 0.176. The van der Waals surface area contributed by atoms with E-state index in [9.17, 15) is 13.6 Å². The molecule has 0 aliphatic rings. The first-order valence-corrected chi connectivity index (χ1v) is 7.51. The van der Waals surface area contributed by atoms with Gasteiger partial charge in [-0.15, -0.1) is 0 Å². The van der Waals surface area contributed by atoms with Gasteiger partial charge in [0.25, 0.3) is 5.91 Å². The summed E-state index contributed by atoms with van der Waals surface area (Å²) in [4.78, 5) is 12.2. The molecule has 0 aliphatic carbocycles. The lowest BCUT2D eigenvalue weighted by Crippen LogP contribution is -2.34. The number of para-hydroxylation sites is 2. The Morgan fingerprint density at radius 2 is 1.83 bits per heavy atom. The second-order valence-electron chi connectivity index (χ2n) is 5.08. The Hall–Kier alpha value is -2.54. The Balaban J connectivity index is 2.05. The number of rotatable bonds is 4. The quantitative estimate of drug-likeness (QED) is 0.818. The molecule has 0 heterocycles. The minimum Gasteiger partial charge on any atom is -0.433 e. The molecule has 0 spiro atoms. The van der Waals surface area contributed by atoms with Gasteiger partial charge in [0.1, 0.15) is 5.75 Å². The maximum absolute atomic E-state index is 12.4. The van der Waals surface area contributed by atoms with E-state index in [1.54, 1.807) is 24.3 Å². The summed E-state index contributed by atoms with van der Waals surface area (Å²) >= 11 is 5.06. The van der Waals surface area contributed by atoms with Crippen LogP contribution >= 0.6 is 12.2 Å². The average Bonchev–Trinajstić information content (AvgIpc) is 2.51. The predicted molar refractivity (Wildman–Crippen MR) is 92.7 cm³/mol. The summed E-state index contributed by atoms with van der Waals surface area (Å²) in [6.07, 6.45) is 0. The summed E-state index contributed by atoms with van der Waals surface area (Å²) in [5.41, 5.74) is 2.75. The molecule has 1 amide bonds. The zero-order valence-electron chi connectivity index (χ0n) is 13.1. The molecule has 126 valence electrons. The molecule has 0 aliphatic heterocycles.